The normalized spacial score (nSPS) is 12.2. The Labute approximate surface area is 90.2 Å². The summed E-state index contributed by atoms with van der Waals surface area (Å²) in [5, 5.41) is 0. The first-order valence-corrected chi connectivity index (χ1v) is 5.12. The number of aryl methyl sites for hydroxylation is 1. The third kappa shape index (κ3) is 3.36. The van der Waals surface area contributed by atoms with Crippen LogP contribution in [0.1, 0.15) is 18.1 Å². The van der Waals surface area contributed by atoms with Crippen molar-refractivity contribution in [2.75, 3.05) is 6.61 Å². The molecule has 0 fully saturated rings. The minimum Gasteiger partial charge on any atom is -0.465 e. The monoisotopic (exact) mass is 207 g/mol. The van der Waals surface area contributed by atoms with Crippen LogP contribution in [0, 0.1) is 6.92 Å². The molecule has 0 spiro atoms. The van der Waals surface area contributed by atoms with E-state index in [0.29, 0.717) is 13.0 Å². The van der Waals surface area contributed by atoms with Crippen molar-refractivity contribution in [1.82, 2.24) is 0 Å². The van der Waals surface area contributed by atoms with Gasteiger partial charge in [-0.15, -0.1) is 0 Å². The van der Waals surface area contributed by atoms with Crippen LogP contribution in [0.5, 0.6) is 0 Å². The average Bonchev–Trinajstić information content (AvgIpc) is 2.21. The number of benzene rings is 1. The molecule has 1 atom stereocenters. The summed E-state index contributed by atoms with van der Waals surface area (Å²) in [6, 6.07) is 7.34. The molecule has 0 saturated heterocycles. The lowest BCUT2D eigenvalue weighted by Gasteiger charge is -2.11. The highest BCUT2D eigenvalue weighted by Gasteiger charge is 2.15. The van der Waals surface area contributed by atoms with E-state index < -0.39 is 6.04 Å². The van der Waals surface area contributed by atoms with Crippen LogP contribution in [0.3, 0.4) is 0 Å². The molecular weight excluding hydrogens is 190 g/mol. The lowest BCUT2D eigenvalue weighted by molar-refractivity contribution is -0.144. The Morgan fingerprint density at radius 1 is 1.47 bits per heavy atom. The fourth-order valence-electron chi connectivity index (χ4n) is 1.41. The summed E-state index contributed by atoms with van der Waals surface area (Å²) in [6.45, 7) is 4.16. The molecule has 15 heavy (non-hydrogen) atoms. The second kappa shape index (κ2) is 5.51. The second-order valence-electron chi connectivity index (χ2n) is 3.49. The molecule has 1 aromatic rings. The van der Waals surface area contributed by atoms with Gasteiger partial charge in [-0.3, -0.25) is 4.79 Å². The summed E-state index contributed by atoms with van der Waals surface area (Å²) in [6.07, 6.45) is 0.533. The molecule has 0 amide bonds. The Balaban J connectivity index is 2.62. The molecule has 2 N–H and O–H groups in total. The van der Waals surface area contributed by atoms with Gasteiger partial charge >= 0.3 is 5.97 Å². The molecule has 0 aliphatic carbocycles. The number of carbonyl (C=O) groups excluding carboxylic acids is 1. The van der Waals surface area contributed by atoms with Crippen molar-refractivity contribution in [3.8, 4) is 0 Å². The SMILES string of the molecule is CCOC(=O)C(N)Cc1ccccc1C. The molecule has 1 rings (SSSR count). The quantitative estimate of drug-likeness (QED) is 0.760. The molecule has 1 unspecified atom stereocenters. The number of nitrogens with two attached hydrogens (primary N) is 1. The van der Waals surface area contributed by atoms with Crippen LogP contribution in [-0.2, 0) is 16.0 Å². The van der Waals surface area contributed by atoms with Crippen LogP contribution in [0.4, 0.5) is 0 Å². The largest absolute Gasteiger partial charge is 0.465 e. The first-order chi connectivity index (χ1) is 7.15. The van der Waals surface area contributed by atoms with Crippen molar-refractivity contribution in [2.45, 2.75) is 26.3 Å². The smallest absolute Gasteiger partial charge is 0.323 e. The van der Waals surface area contributed by atoms with Crippen LogP contribution in [0.2, 0.25) is 0 Å². The molecular formula is C12H17NO2. The number of esters is 1. The molecule has 1 aromatic carbocycles. The fraction of sp³-hybridized carbons (Fsp3) is 0.417. The predicted octanol–water partition coefficient (Wildman–Crippen LogP) is 1.43. The minimum absolute atomic E-state index is 0.333. The van der Waals surface area contributed by atoms with Gasteiger partial charge in [0.25, 0.3) is 0 Å². The summed E-state index contributed by atoms with van der Waals surface area (Å²) in [5.41, 5.74) is 7.98. The van der Waals surface area contributed by atoms with Gasteiger partial charge in [0, 0.05) is 0 Å². The van der Waals surface area contributed by atoms with Gasteiger partial charge in [0.15, 0.2) is 0 Å². The summed E-state index contributed by atoms with van der Waals surface area (Å²) < 4.78 is 4.85. The maximum Gasteiger partial charge on any atom is 0.323 e. The first kappa shape index (κ1) is 11.7. The number of ether oxygens (including phenoxy) is 1. The zero-order valence-corrected chi connectivity index (χ0v) is 9.19. The van der Waals surface area contributed by atoms with Crippen molar-refractivity contribution >= 4 is 5.97 Å². The van der Waals surface area contributed by atoms with E-state index >= 15 is 0 Å². The molecule has 0 bridgehead atoms. The van der Waals surface area contributed by atoms with Crippen LogP contribution in [0.15, 0.2) is 24.3 Å². The number of hydrogen-bond acceptors (Lipinski definition) is 3. The molecule has 0 saturated carbocycles. The van der Waals surface area contributed by atoms with Gasteiger partial charge < -0.3 is 10.5 Å². The van der Waals surface area contributed by atoms with Crippen molar-refractivity contribution in [3.05, 3.63) is 35.4 Å². The van der Waals surface area contributed by atoms with Crippen molar-refractivity contribution in [1.29, 1.82) is 0 Å². The van der Waals surface area contributed by atoms with E-state index in [-0.39, 0.29) is 5.97 Å². The van der Waals surface area contributed by atoms with Gasteiger partial charge in [-0.2, -0.15) is 0 Å². The van der Waals surface area contributed by atoms with Crippen LogP contribution in [-0.4, -0.2) is 18.6 Å². The lowest BCUT2D eigenvalue weighted by atomic mass is 10.0. The Morgan fingerprint density at radius 3 is 2.73 bits per heavy atom. The summed E-state index contributed by atoms with van der Waals surface area (Å²) in [4.78, 5) is 11.3. The van der Waals surface area contributed by atoms with Crippen LogP contribution < -0.4 is 5.73 Å². The predicted molar refractivity (Wildman–Crippen MR) is 59.5 cm³/mol. The van der Waals surface area contributed by atoms with E-state index in [4.69, 9.17) is 10.5 Å². The first-order valence-electron chi connectivity index (χ1n) is 5.12. The highest BCUT2D eigenvalue weighted by molar-refractivity contribution is 5.75. The standard InChI is InChI=1S/C12H17NO2/c1-3-15-12(14)11(13)8-10-7-5-4-6-9(10)2/h4-7,11H,3,8,13H2,1-2H3. The number of carbonyl (C=O) groups is 1. The van der Waals surface area contributed by atoms with Gasteiger partial charge in [0.1, 0.15) is 6.04 Å². The molecule has 0 aliphatic heterocycles. The van der Waals surface area contributed by atoms with Crippen molar-refractivity contribution in [3.63, 3.8) is 0 Å². The molecule has 3 nitrogen and oxygen atoms in total. The summed E-state index contributed by atoms with van der Waals surface area (Å²) in [7, 11) is 0. The van der Waals surface area contributed by atoms with E-state index in [2.05, 4.69) is 0 Å². The van der Waals surface area contributed by atoms with Crippen molar-refractivity contribution < 1.29 is 9.53 Å². The number of rotatable bonds is 4. The maximum absolute atomic E-state index is 11.3. The maximum atomic E-state index is 11.3. The van der Waals surface area contributed by atoms with Crippen LogP contribution in [0.25, 0.3) is 0 Å². The van der Waals surface area contributed by atoms with E-state index in [0.717, 1.165) is 11.1 Å². The summed E-state index contributed by atoms with van der Waals surface area (Å²) >= 11 is 0. The van der Waals surface area contributed by atoms with Gasteiger partial charge in [0.2, 0.25) is 0 Å². The van der Waals surface area contributed by atoms with Crippen molar-refractivity contribution in [2.24, 2.45) is 5.73 Å². The van der Waals surface area contributed by atoms with Gasteiger partial charge in [-0.05, 0) is 31.4 Å². The topological polar surface area (TPSA) is 52.3 Å². The zero-order valence-electron chi connectivity index (χ0n) is 9.19. The molecule has 82 valence electrons. The highest BCUT2D eigenvalue weighted by atomic mass is 16.5. The van der Waals surface area contributed by atoms with E-state index in [1.807, 2.05) is 31.2 Å². The third-order valence-corrected chi connectivity index (χ3v) is 2.29. The van der Waals surface area contributed by atoms with E-state index in [1.165, 1.54) is 0 Å². The minimum atomic E-state index is -0.564. The van der Waals surface area contributed by atoms with E-state index in [1.54, 1.807) is 6.92 Å². The van der Waals surface area contributed by atoms with E-state index in [9.17, 15) is 4.79 Å². The molecule has 3 heteroatoms. The Bertz CT molecular complexity index is 336. The number of hydrogen-bond donors (Lipinski definition) is 1. The van der Waals surface area contributed by atoms with Gasteiger partial charge in [-0.1, -0.05) is 24.3 Å². The Hall–Kier alpha value is -1.35. The zero-order chi connectivity index (χ0) is 11.3. The molecule has 0 aromatic heterocycles. The summed E-state index contributed by atoms with van der Waals surface area (Å²) in [5.74, 6) is -0.333. The van der Waals surface area contributed by atoms with Gasteiger partial charge in [0.05, 0.1) is 6.61 Å². The lowest BCUT2D eigenvalue weighted by Crippen LogP contribution is -2.34. The highest BCUT2D eigenvalue weighted by Crippen LogP contribution is 2.09. The average molecular weight is 207 g/mol. The molecule has 0 radical (unpaired) electrons. The molecule has 0 aliphatic rings. The fourth-order valence-corrected chi connectivity index (χ4v) is 1.41. The Morgan fingerprint density at radius 2 is 2.13 bits per heavy atom. The van der Waals surface area contributed by atoms with Gasteiger partial charge in [-0.25, -0.2) is 0 Å². The second-order valence-corrected chi connectivity index (χ2v) is 3.49. The third-order valence-electron chi connectivity index (χ3n) is 2.29. The molecule has 0 heterocycles. The van der Waals surface area contributed by atoms with Crippen LogP contribution >= 0.6 is 0 Å². The Kier molecular flexibility index (Phi) is 4.31.